The van der Waals surface area contributed by atoms with Crippen LogP contribution in [0.4, 0.5) is 4.79 Å². The van der Waals surface area contributed by atoms with E-state index in [4.69, 9.17) is 5.11 Å². The SMILES string of the molecule is CC(CC(=O)O)NC(=O)NC1CCCCCC1O. The van der Waals surface area contributed by atoms with Crippen LogP contribution in [0.15, 0.2) is 0 Å². The lowest BCUT2D eigenvalue weighted by Crippen LogP contribution is -2.49. The molecule has 0 aromatic heterocycles. The van der Waals surface area contributed by atoms with Gasteiger partial charge >= 0.3 is 12.0 Å². The molecular formula is C12H22N2O4. The van der Waals surface area contributed by atoms with E-state index in [1.165, 1.54) is 0 Å². The molecule has 0 bridgehead atoms. The van der Waals surface area contributed by atoms with Crippen LogP contribution >= 0.6 is 0 Å². The van der Waals surface area contributed by atoms with Crippen LogP contribution in [0.25, 0.3) is 0 Å². The number of carboxylic acid groups (broad SMARTS) is 1. The van der Waals surface area contributed by atoms with Crippen LogP contribution in [-0.4, -0.2) is 40.4 Å². The summed E-state index contributed by atoms with van der Waals surface area (Å²) in [4.78, 5) is 22.1. The Morgan fingerprint density at radius 2 is 1.94 bits per heavy atom. The summed E-state index contributed by atoms with van der Waals surface area (Å²) in [7, 11) is 0. The Labute approximate surface area is 107 Å². The zero-order valence-electron chi connectivity index (χ0n) is 10.7. The number of nitrogens with one attached hydrogen (secondary N) is 2. The Kier molecular flexibility index (Phi) is 5.91. The molecule has 1 aliphatic rings. The van der Waals surface area contributed by atoms with E-state index in [1.807, 2.05) is 0 Å². The smallest absolute Gasteiger partial charge is 0.315 e. The van der Waals surface area contributed by atoms with E-state index in [9.17, 15) is 14.7 Å². The third kappa shape index (κ3) is 5.35. The number of carboxylic acids is 1. The van der Waals surface area contributed by atoms with Crippen molar-refractivity contribution < 1.29 is 19.8 Å². The highest BCUT2D eigenvalue weighted by Crippen LogP contribution is 2.17. The summed E-state index contributed by atoms with van der Waals surface area (Å²) in [5.41, 5.74) is 0. The Bertz CT molecular complexity index is 296. The molecule has 1 aliphatic carbocycles. The van der Waals surface area contributed by atoms with Gasteiger partial charge in [0.25, 0.3) is 0 Å². The average molecular weight is 258 g/mol. The van der Waals surface area contributed by atoms with Gasteiger partial charge in [-0.05, 0) is 19.8 Å². The molecule has 0 aliphatic heterocycles. The van der Waals surface area contributed by atoms with Gasteiger partial charge in [0.15, 0.2) is 0 Å². The van der Waals surface area contributed by atoms with Crippen molar-refractivity contribution in [3.05, 3.63) is 0 Å². The molecule has 3 atom stereocenters. The van der Waals surface area contributed by atoms with E-state index >= 15 is 0 Å². The van der Waals surface area contributed by atoms with Crippen LogP contribution in [0.2, 0.25) is 0 Å². The van der Waals surface area contributed by atoms with Gasteiger partial charge in [-0.2, -0.15) is 0 Å². The summed E-state index contributed by atoms with van der Waals surface area (Å²) in [6.07, 6.45) is 3.90. The minimum Gasteiger partial charge on any atom is -0.481 e. The maximum Gasteiger partial charge on any atom is 0.315 e. The number of aliphatic hydroxyl groups is 1. The first-order valence-corrected chi connectivity index (χ1v) is 6.46. The number of amides is 2. The fourth-order valence-corrected chi connectivity index (χ4v) is 2.20. The zero-order chi connectivity index (χ0) is 13.5. The zero-order valence-corrected chi connectivity index (χ0v) is 10.7. The first kappa shape index (κ1) is 14.8. The van der Waals surface area contributed by atoms with Gasteiger partial charge < -0.3 is 20.8 Å². The number of aliphatic carboxylic acids is 1. The molecule has 1 rings (SSSR count). The summed E-state index contributed by atoms with van der Waals surface area (Å²) in [6.45, 7) is 1.64. The number of urea groups is 1. The molecule has 18 heavy (non-hydrogen) atoms. The van der Waals surface area contributed by atoms with E-state index in [1.54, 1.807) is 6.92 Å². The molecule has 3 unspecified atom stereocenters. The van der Waals surface area contributed by atoms with Gasteiger partial charge in [-0.15, -0.1) is 0 Å². The molecule has 1 saturated carbocycles. The van der Waals surface area contributed by atoms with Crippen LogP contribution < -0.4 is 10.6 Å². The van der Waals surface area contributed by atoms with Crippen molar-refractivity contribution in [3.63, 3.8) is 0 Å². The van der Waals surface area contributed by atoms with Crippen molar-refractivity contribution in [1.82, 2.24) is 10.6 Å². The highest BCUT2D eigenvalue weighted by atomic mass is 16.4. The van der Waals surface area contributed by atoms with Gasteiger partial charge in [0.2, 0.25) is 0 Å². The maximum absolute atomic E-state index is 11.6. The molecule has 0 aromatic carbocycles. The Morgan fingerprint density at radius 3 is 2.61 bits per heavy atom. The molecule has 6 nitrogen and oxygen atoms in total. The van der Waals surface area contributed by atoms with Gasteiger partial charge in [0.1, 0.15) is 0 Å². The number of aliphatic hydroxyl groups excluding tert-OH is 1. The number of hydrogen-bond donors (Lipinski definition) is 4. The summed E-state index contributed by atoms with van der Waals surface area (Å²) in [5, 5.41) is 23.7. The van der Waals surface area contributed by atoms with Crippen molar-refractivity contribution >= 4 is 12.0 Å². The highest BCUT2D eigenvalue weighted by molar-refractivity contribution is 5.76. The molecule has 0 aromatic rings. The van der Waals surface area contributed by atoms with Crippen LogP contribution in [0, 0.1) is 0 Å². The molecular weight excluding hydrogens is 236 g/mol. The van der Waals surface area contributed by atoms with Crippen LogP contribution in [0.1, 0.15) is 45.4 Å². The highest BCUT2D eigenvalue weighted by Gasteiger charge is 2.23. The first-order chi connectivity index (χ1) is 8.49. The lowest BCUT2D eigenvalue weighted by Gasteiger charge is -2.23. The predicted molar refractivity (Wildman–Crippen MR) is 66.3 cm³/mol. The second-order valence-electron chi connectivity index (χ2n) is 4.93. The van der Waals surface area contributed by atoms with Gasteiger partial charge in [-0.25, -0.2) is 4.79 Å². The second kappa shape index (κ2) is 7.20. The number of hydrogen-bond acceptors (Lipinski definition) is 3. The molecule has 4 N–H and O–H groups in total. The van der Waals surface area contributed by atoms with Crippen molar-refractivity contribution in [2.75, 3.05) is 0 Å². The lowest BCUT2D eigenvalue weighted by atomic mass is 10.1. The minimum absolute atomic E-state index is 0.110. The van der Waals surface area contributed by atoms with Gasteiger partial charge in [-0.1, -0.05) is 19.3 Å². The van der Waals surface area contributed by atoms with E-state index < -0.39 is 24.1 Å². The quantitative estimate of drug-likeness (QED) is 0.562. The number of rotatable bonds is 4. The van der Waals surface area contributed by atoms with E-state index in [-0.39, 0.29) is 12.5 Å². The predicted octanol–water partition coefficient (Wildman–Crippen LogP) is 0.842. The topological polar surface area (TPSA) is 98.7 Å². The molecule has 1 fully saturated rings. The van der Waals surface area contributed by atoms with Crippen molar-refractivity contribution in [2.24, 2.45) is 0 Å². The molecule has 0 heterocycles. The van der Waals surface area contributed by atoms with E-state index in [0.29, 0.717) is 6.42 Å². The summed E-state index contributed by atoms with van der Waals surface area (Å²) in [6, 6.07) is -1.07. The summed E-state index contributed by atoms with van der Waals surface area (Å²) in [5.74, 6) is -0.947. The van der Waals surface area contributed by atoms with Crippen LogP contribution in [0.3, 0.4) is 0 Å². The Morgan fingerprint density at radius 1 is 1.28 bits per heavy atom. The first-order valence-electron chi connectivity index (χ1n) is 6.46. The van der Waals surface area contributed by atoms with Crippen molar-refractivity contribution in [1.29, 1.82) is 0 Å². The molecule has 0 saturated heterocycles. The monoisotopic (exact) mass is 258 g/mol. The molecule has 0 spiro atoms. The van der Waals surface area contributed by atoms with E-state index in [2.05, 4.69) is 10.6 Å². The normalized spacial score (nSPS) is 25.9. The Balaban J connectivity index is 2.35. The molecule has 104 valence electrons. The Hall–Kier alpha value is -1.30. The number of carbonyl (C=O) groups excluding carboxylic acids is 1. The average Bonchev–Trinajstić information content (AvgIpc) is 2.43. The van der Waals surface area contributed by atoms with Gasteiger partial charge in [0, 0.05) is 6.04 Å². The summed E-state index contributed by atoms with van der Waals surface area (Å²) >= 11 is 0. The van der Waals surface area contributed by atoms with Crippen LogP contribution in [-0.2, 0) is 4.79 Å². The fourth-order valence-electron chi connectivity index (χ4n) is 2.20. The third-order valence-electron chi connectivity index (χ3n) is 3.15. The van der Waals surface area contributed by atoms with E-state index in [0.717, 1.165) is 25.7 Å². The minimum atomic E-state index is -0.947. The largest absolute Gasteiger partial charge is 0.481 e. The summed E-state index contributed by atoms with van der Waals surface area (Å²) < 4.78 is 0. The molecule has 6 heteroatoms. The van der Waals surface area contributed by atoms with Crippen molar-refractivity contribution in [2.45, 2.75) is 63.6 Å². The third-order valence-corrected chi connectivity index (χ3v) is 3.15. The number of carbonyl (C=O) groups is 2. The van der Waals surface area contributed by atoms with Crippen molar-refractivity contribution in [3.8, 4) is 0 Å². The van der Waals surface area contributed by atoms with Gasteiger partial charge in [-0.3, -0.25) is 4.79 Å². The standard InChI is InChI=1S/C12H22N2O4/c1-8(7-11(16)17)13-12(18)14-9-5-3-2-4-6-10(9)15/h8-10,15H,2-7H2,1H3,(H,16,17)(H2,13,14,18). The van der Waals surface area contributed by atoms with Crippen LogP contribution in [0.5, 0.6) is 0 Å². The lowest BCUT2D eigenvalue weighted by molar-refractivity contribution is -0.137. The maximum atomic E-state index is 11.6. The molecule has 2 amide bonds. The van der Waals surface area contributed by atoms with Gasteiger partial charge in [0.05, 0.1) is 18.6 Å². The molecule has 0 radical (unpaired) electrons. The second-order valence-corrected chi connectivity index (χ2v) is 4.93. The fraction of sp³-hybridized carbons (Fsp3) is 0.833.